The fourth-order valence-electron chi connectivity index (χ4n) is 2.01. The number of methoxy groups -OCH3 is 1. The number of allylic oxidation sites excluding steroid dienone is 1. The normalized spacial score (nSPS) is 18.4. The summed E-state index contributed by atoms with van der Waals surface area (Å²) in [5.41, 5.74) is 1.27. The summed E-state index contributed by atoms with van der Waals surface area (Å²) < 4.78 is 4.76. The standard InChI is InChI=1S/C13H12Cl2N2O3/c1-20-12(18)10-9(6-14)16-13(19)17-11(10)7-3-2-4-8(15)5-7/h2-5,11H,6H2,1H3,(H2,16,17,19)/t11-/m0/s1. The first-order valence-electron chi connectivity index (χ1n) is 5.77. The molecule has 20 heavy (non-hydrogen) atoms. The van der Waals surface area contributed by atoms with Gasteiger partial charge >= 0.3 is 12.0 Å². The van der Waals surface area contributed by atoms with Gasteiger partial charge < -0.3 is 15.4 Å². The van der Waals surface area contributed by atoms with Gasteiger partial charge in [0.05, 0.1) is 24.6 Å². The van der Waals surface area contributed by atoms with Gasteiger partial charge in [0.1, 0.15) is 0 Å². The molecule has 0 unspecified atom stereocenters. The summed E-state index contributed by atoms with van der Waals surface area (Å²) in [4.78, 5) is 23.6. The summed E-state index contributed by atoms with van der Waals surface area (Å²) in [6, 6.07) is 5.80. The molecular weight excluding hydrogens is 303 g/mol. The lowest BCUT2D eigenvalue weighted by molar-refractivity contribution is -0.136. The van der Waals surface area contributed by atoms with Crippen molar-refractivity contribution in [2.75, 3.05) is 13.0 Å². The molecule has 0 spiro atoms. The first kappa shape index (κ1) is 14.7. The number of ether oxygens (including phenoxy) is 1. The number of hydrogen-bond acceptors (Lipinski definition) is 3. The molecule has 1 atom stereocenters. The van der Waals surface area contributed by atoms with Crippen LogP contribution < -0.4 is 10.6 Å². The number of carbonyl (C=O) groups is 2. The Balaban J connectivity index is 2.53. The summed E-state index contributed by atoms with van der Waals surface area (Å²) in [5.74, 6) is -0.562. The average Bonchev–Trinajstić information content (AvgIpc) is 2.45. The predicted molar refractivity (Wildman–Crippen MR) is 75.6 cm³/mol. The van der Waals surface area contributed by atoms with Gasteiger partial charge in [-0.25, -0.2) is 9.59 Å². The molecule has 0 aromatic heterocycles. The van der Waals surface area contributed by atoms with Crippen LogP contribution in [0.2, 0.25) is 5.02 Å². The van der Waals surface area contributed by atoms with Gasteiger partial charge in [-0.05, 0) is 17.7 Å². The van der Waals surface area contributed by atoms with Crippen molar-refractivity contribution in [2.24, 2.45) is 0 Å². The average molecular weight is 315 g/mol. The number of carbonyl (C=O) groups excluding carboxylic acids is 2. The van der Waals surface area contributed by atoms with Crippen LogP contribution in [0.5, 0.6) is 0 Å². The van der Waals surface area contributed by atoms with E-state index in [0.717, 1.165) is 0 Å². The zero-order valence-corrected chi connectivity index (χ0v) is 12.1. The van der Waals surface area contributed by atoms with Gasteiger partial charge in [0.15, 0.2) is 0 Å². The molecule has 7 heteroatoms. The van der Waals surface area contributed by atoms with E-state index in [0.29, 0.717) is 16.3 Å². The molecule has 5 nitrogen and oxygen atoms in total. The third kappa shape index (κ3) is 2.89. The van der Waals surface area contributed by atoms with E-state index in [4.69, 9.17) is 27.9 Å². The Bertz CT molecular complexity index is 587. The highest BCUT2D eigenvalue weighted by Crippen LogP contribution is 2.29. The molecule has 0 radical (unpaired) electrons. The van der Waals surface area contributed by atoms with Gasteiger partial charge in [-0.15, -0.1) is 11.6 Å². The molecule has 2 rings (SSSR count). The lowest BCUT2D eigenvalue weighted by Gasteiger charge is -2.28. The second kappa shape index (κ2) is 6.15. The second-order valence-corrected chi connectivity index (χ2v) is 4.81. The summed E-state index contributed by atoms with van der Waals surface area (Å²) in [6.07, 6.45) is 0. The second-order valence-electron chi connectivity index (χ2n) is 4.10. The summed E-state index contributed by atoms with van der Waals surface area (Å²) in [6.45, 7) is 0. The van der Waals surface area contributed by atoms with Crippen molar-refractivity contribution in [1.29, 1.82) is 0 Å². The molecule has 1 aliphatic rings. The minimum absolute atomic E-state index is 0.00504. The highest BCUT2D eigenvalue weighted by atomic mass is 35.5. The van der Waals surface area contributed by atoms with Crippen LogP contribution in [0, 0.1) is 0 Å². The van der Waals surface area contributed by atoms with Crippen molar-refractivity contribution < 1.29 is 14.3 Å². The molecule has 2 amide bonds. The van der Waals surface area contributed by atoms with Crippen molar-refractivity contribution in [3.8, 4) is 0 Å². The Morgan fingerprint density at radius 1 is 1.45 bits per heavy atom. The Hall–Kier alpha value is -1.72. The molecule has 1 heterocycles. The number of hydrogen-bond donors (Lipinski definition) is 2. The smallest absolute Gasteiger partial charge is 0.338 e. The zero-order chi connectivity index (χ0) is 14.7. The van der Waals surface area contributed by atoms with Gasteiger partial charge in [0.25, 0.3) is 0 Å². The Kier molecular flexibility index (Phi) is 4.52. The first-order chi connectivity index (χ1) is 9.56. The largest absolute Gasteiger partial charge is 0.466 e. The van der Waals surface area contributed by atoms with Crippen LogP contribution in [0.15, 0.2) is 35.5 Å². The molecule has 0 saturated carbocycles. The van der Waals surface area contributed by atoms with Crippen LogP contribution in [0.4, 0.5) is 4.79 Å². The van der Waals surface area contributed by atoms with Crippen molar-refractivity contribution in [3.63, 3.8) is 0 Å². The van der Waals surface area contributed by atoms with E-state index >= 15 is 0 Å². The molecule has 1 aliphatic heterocycles. The van der Waals surface area contributed by atoms with Crippen LogP contribution in [0.3, 0.4) is 0 Å². The maximum atomic E-state index is 11.9. The predicted octanol–water partition coefficient (Wildman–Crippen LogP) is 2.36. The third-order valence-corrected chi connectivity index (χ3v) is 3.38. The monoisotopic (exact) mass is 314 g/mol. The van der Waals surface area contributed by atoms with E-state index in [9.17, 15) is 9.59 Å². The van der Waals surface area contributed by atoms with Gasteiger partial charge in [-0.3, -0.25) is 0 Å². The van der Waals surface area contributed by atoms with Crippen molar-refractivity contribution in [2.45, 2.75) is 6.04 Å². The third-order valence-electron chi connectivity index (χ3n) is 2.87. The maximum absolute atomic E-state index is 11.9. The summed E-state index contributed by atoms with van der Waals surface area (Å²) in [7, 11) is 1.27. The summed E-state index contributed by atoms with van der Waals surface area (Å²) in [5, 5.41) is 5.68. The van der Waals surface area contributed by atoms with Crippen LogP contribution in [-0.4, -0.2) is 25.0 Å². The number of benzene rings is 1. The van der Waals surface area contributed by atoms with Crippen LogP contribution in [0.1, 0.15) is 11.6 Å². The Morgan fingerprint density at radius 3 is 2.80 bits per heavy atom. The number of amides is 2. The molecule has 0 fully saturated rings. The van der Waals surface area contributed by atoms with Gasteiger partial charge in [-0.1, -0.05) is 23.7 Å². The fraction of sp³-hybridized carbons (Fsp3) is 0.231. The number of nitrogens with one attached hydrogen (secondary N) is 2. The van der Waals surface area contributed by atoms with Crippen molar-refractivity contribution in [1.82, 2.24) is 10.6 Å². The van der Waals surface area contributed by atoms with E-state index in [1.54, 1.807) is 24.3 Å². The van der Waals surface area contributed by atoms with Crippen molar-refractivity contribution in [3.05, 3.63) is 46.1 Å². The fourth-order valence-corrected chi connectivity index (χ4v) is 2.42. The Labute approximate surface area is 125 Å². The number of urea groups is 1. The van der Waals surface area contributed by atoms with Gasteiger partial charge in [-0.2, -0.15) is 0 Å². The van der Waals surface area contributed by atoms with Crippen LogP contribution in [-0.2, 0) is 9.53 Å². The molecule has 106 valence electrons. The topological polar surface area (TPSA) is 67.4 Å². The van der Waals surface area contributed by atoms with E-state index < -0.39 is 18.0 Å². The van der Waals surface area contributed by atoms with E-state index in [1.165, 1.54) is 7.11 Å². The molecular formula is C13H12Cl2N2O3. The first-order valence-corrected chi connectivity index (χ1v) is 6.68. The van der Waals surface area contributed by atoms with E-state index in [1.807, 2.05) is 0 Å². The van der Waals surface area contributed by atoms with E-state index in [2.05, 4.69) is 10.6 Å². The SMILES string of the molecule is COC(=O)C1=C(CCl)NC(=O)N[C@H]1c1cccc(Cl)c1. The molecule has 2 N–H and O–H groups in total. The molecule has 0 bridgehead atoms. The molecule has 1 aromatic rings. The minimum Gasteiger partial charge on any atom is -0.466 e. The molecule has 0 aliphatic carbocycles. The van der Waals surface area contributed by atoms with Gasteiger partial charge in [0.2, 0.25) is 0 Å². The van der Waals surface area contributed by atoms with Crippen molar-refractivity contribution >= 4 is 35.2 Å². The summed E-state index contributed by atoms with van der Waals surface area (Å²) >= 11 is 11.7. The van der Waals surface area contributed by atoms with Crippen LogP contribution >= 0.6 is 23.2 Å². The highest BCUT2D eigenvalue weighted by Gasteiger charge is 2.33. The zero-order valence-electron chi connectivity index (χ0n) is 10.6. The van der Waals surface area contributed by atoms with Gasteiger partial charge in [0, 0.05) is 10.7 Å². The quantitative estimate of drug-likeness (QED) is 0.665. The maximum Gasteiger partial charge on any atom is 0.338 e. The lowest BCUT2D eigenvalue weighted by atomic mass is 9.95. The lowest BCUT2D eigenvalue weighted by Crippen LogP contribution is -2.46. The highest BCUT2D eigenvalue weighted by molar-refractivity contribution is 6.30. The number of rotatable bonds is 3. The van der Waals surface area contributed by atoms with E-state index in [-0.39, 0.29) is 11.5 Å². The molecule has 0 saturated heterocycles. The number of alkyl halides is 1. The number of esters is 1. The minimum atomic E-state index is -0.649. The van der Waals surface area contributed by atoms with Crippen LogP contribution in [0.25, 0.3) is 0 Å². The number of halogens is 2. The molecule has 1 aromatic carbocycles. The Morgan fingerprint density at radius 2 is 2.20 bits per heavy atom.